The quantitative estimate of drug-likeness (QED) is 0.892. The average Bonchev–Trinajstić information content (AvgIpc) is 2.86. The van der Waals surface area contributed by atoms with Crippen LogP contribution < -0.4 is 10.2 Å². The summed E-state index contributed by atoms with van der Waals surface area (Å²) in [7, 11) is 1.97. The van der Waals surface area contributed by atoms with Gasteiger partial charge >= 0.3 is 0 Å². The fourth-order valence-electron chi connectivity index (χ4n) is 3.40. The van der Waals surface area contributed by atoms with Crippen LogP contribution in [0.1, 0.15) is 25.3 Å². The number of rotatable bonds is 3. The maximum absolute atomic E-state index is 4.65. The standard InChI is InChI=1S/C15H24N4/c1-12-10-18-7-3-4-14(18)11-19(12)15-6-5-13(8-16-2)9-17-15/h5-6,9,12,14,16H,3-4,7-8,10-11H2,1-2H3. The van der Waals surface area contributed by atoms with E-state index in [-0.39, 0.29) is 0 Å². The van der Waals surface area contributed by atoms with Crippen LogP contribution in [0.2, 0.25) is 0 Å². The Morgan fingerprint density at radius 3 is 3.00 bits per heavy atom. The lowest BCUT2D eigenvalue weighted by Gasteiger charge is -2.43. The van der Waals surface area contributed by atoms with Gasteiger partial charge < -0.3 is 10.2 Å². The molecule has 0 spiro atoms. The SMILES string of the molecule is CNCc1ccc(N2CC3CCCN3CC2C)nc1. The largest absolute Gasteiger partial charge is 0.351 e. The van der Waals surface area contributed by atoms with Gasteiger partial charge in [-0.2, -0.15) is 0 Å². The predicted octanol–water partition coefficient (Wildman–Crippen LogP) is 1.47. The molecule has 0 aromatic carbocycles. The van der Waals surface area contributed by atoms with Crippen molar-refractivity contribution in [2.75, 3.05) is 31.6 Å². The first-order chi connectivity index (χ1) is 9.28. The van der Waals surface area contributed by atoms with E-state index in [0.29, 0.717) is 6.04 Å². The van der Waals surface area contributed by atoms with Gasteiger partial charge in [0.05, 0.1) is 0 Å². The van der Waals surface area contributed by atoms with E-state index in [1.54, 1.807) is 0 Å². The Balaban J connectivity index is 1.73. The van der Waals surface area contributed by atoms with E-state index >= 15 is 0 Å². The zero-order chi connectivity index (χ0) is 13.2. The number of aromatic nitrogens is 1. The molecule has 104 valence electrons. The minimum absolute atomic E-state index is 0.567. The van der Waals surface area contributed by atoms with Gasteiger partial charge in [-0.05, 0) is 45.0 Å². The Morgan fingerprint density at radius 1 is 1.37 bits per heavy atom. The molecule has 4 nitrogen and oxygen atoms in total. The van der Waals surface area contributed by atoms with Gasteiger partial charge in [-0.3, -0.25) is 4.90 Å². The summed E-state index contributed by atoms with van der Waals surface area (Å²) in [6, 6.07) is 5.67. The molecular weight excluding hydrogens is 236 g/mol. The monoisotopic (exact) mass is 260 g/mol. The Kier molecular flexibility index (Phi) is 3.71. The maximum atomic E-state index is 4.65. The smallest absolute Gasteiger partial charge is 0.128 e. The molecule has 1 aromatic rings. The molecule has 2 fully saturated rings. The van der Waals surface area contributed by atoms with Gasteiger partial charge in [-0.1, -0.05) is 6.07 Å². The van der Waals surface area contributed by atoms with Crippen LogP contribution in [0.5, 0.6) is 0 Å². The molecule has 0 radical (unpaired) electrons. The molecule has 0 bridgehead atoms. The Morgan fingerprint density at radius 2 is 2.26 bits per heavy atom. The van der Waals surface area contributed by atoms with Gasteiger partial charge in [0.1, 0.15) is 5.82 Å². The number of nitrogens with zero attached hydrogens (tertiary/aromatic N) is 3. The van der Waals surface area contributed by atoms with Crippen molar-refractivity contribution in [3.05, 3.63) is 23.9 Å². The molecule has 0 amide bonds. The van der Waals surface area contributed by atoms with Crippen LogP contribution in [-0.4, -0.2) is 48.6 Å². The fourth-order valence-corrected chi connectivity index (χ4v) is 3.40. The zero-order valence-corrected chi connectivity index (χ0v) is 12.0. The molecule has 2 aliphatic heterocycles. The van der Waals surface area contributed by atoms with Gasteiger partial charge in [0, 0.05) is 37.9 Å². The number of fused-ring (bicyclic) bond motifs is 1. The van der Waals surface area contributed by atoms with E-state index in [0.717, 1.165) is 24.9 Å². The van der Waals surface area contributed by atoms with Crippen molar-refractivity contribution in [1.29, 1.82) is 0 Å². The van der Waals surface area contributed by atoms with E-state index in [1.807, 2.05) is 13.2 Å². The minimum Gasteiger partial charge on any atom is -0.351 e. The van der Waals surface area contributed by atoms with Gasteiger partial charge in [0.25, 0.3) is 0 Å². The number of hydrogen-bond acceptors (Lipinski definition) is 4. The van der Waals surface area contributed by atoms with E-state index in [4.69, 9.17) is 0 Å². The number of pyridine rings is 1. The van der Waals surface area contributed by atoms with Crippen LogP contribution in [0.15, 0.2) is 18.3 Å². The summed E-state index contributed by atoms with van der Waals surface area (Å²) in [6.07, 6.45) is 4.71. The Bertz CT molecular complexity index is 417. The second-order valence-corrected chi connectivity index (χ2v) is 5.85. The van der Waals surface area contributed by atoms with Crippen molar-refractivity contribution in [2.45, 2.75) is 38.4 Å². The third-order valence-corrected chi connectivity index (χ3v) is 4.42. The summed E-state index contributed by atoms with van der Waals surface area (Å²) < 4.78 is 0. The number of nitrogens with one attached hydrogen (secondary N) is 1. The first kappa shape index (κ1) is 12.9. The molecule has 2 atom stereocenters. The first-order valence-electron chi connectivity index (χ1n) is 7.38. The molecule has 1 N–H and O–H groups in total. The summed E-state index contributed by atoms with van der Waals surface area (Å²) in [5.41, 5.74) is 1.25. The number of anilines is 1. The van der Waals surface area contributed by atoms with E-state index < -0.39 is 0 Å². The summed E-state index contributed by atoms with van der Waals surface area (Å²) >= 11 is 0. The van der Waals surface area contributed by atoms with E-state index in [2.05, 4.69) is 39.2 Å². The second kappa shape index (κ2) is 5.47. The van der Waals surface area contributed by atoms with Crippen molar-refractivity contribution >= 4 is 5.82 Å². The molecule has 19 heavy (non-hydrogen) atoms. The molecule has 4 heteroatoms. The summed E-state index contributed by atoms with van der Waals surface area (Å²) in [5, 5.41) is 3.16. The maximum Gasteiger partial charge on any atom is 0.128 e. The lowest BCUT2D eigenvalue weighted by Crippen LogP contribution is -2.55. The average molecular weight is 260 g/mol. The van der Waals surface area contributed by atoms with Crippen molar-refractivity contribution in [3.8, 4) is 0 Å². The first-order valence-corrected chi connectivity index (χ1v) is 7.38. The van der Waals surface area contributed by atoms with Crippen LogP contribution in [0, 0.1) is 0 Å². The van der Waals surface area contributed by atoms with Crippen LogP contribution >= 0.6 is 0 Å². The van der Waals surface area contributed by atoms with E-state index in [9.17, 15) is 0 Å². The summed E-state index contributed by atoms with van der Waals surface area (Å²) in [4.78, 5) is 9.78. The minimum atomic E-state index is 0.567. The fraction of sp³-hybridized carbons (Fsp3) is 0.667. The highest BCUT2D eigenvalue weighted by Gasteiger charge is 2.34. The molecule has 3 heterocycles. The van der Waals surface area contributed by atoms with Crippen LogP contribution in [0.4, 0.5) is 5.82 Å². The van der Waals surface area contributed by atoms with Gasteiger partial charge in [-0.15, -0.1) is 0 Å². The lowest BCUT2D eigenvalue weighted by atomic mass is 10.1. The van der Waals surface area contributed by atoms with Crippen molar-refractivity contribution in [1.82, 2.24) is 15.2 Å². The summed E-state index contributed by atoms with van der Waals surface area (Å²) in [5.74, 6) is 1.14. The molecule has 2 saturated heterocycles. The molecule has 0 saturated carbocycles. The highest BCUT2D eigenvalue weighted by molar-refractivity contribution is 5.41. The van der Waals surface area contributed by atoms with Crippen LogP contribution in [0.3, 0.4) is 0 Å². The second-order valence-electron chi connectivity index (χ2n) is 5.85. The third-order valence-electron chi connectivity index (χ3n) is 4.42. The zero-order valence-electron chi connectivity index (χ0n) is 12.0. The van der Waals surface area contributed by atoms with Crippen molar-refractivity contribution < 1.29 is 0 Å². The Labute approximate surface area is 115 Å². The van der Waals surface area contributed by atoms with E-state index in [1.165, 1.54) is 31.5 Å². The molecule has 3 rings (SSSR count). The highest BCUT2D eigenvalue weighted by Crippen LogP contribution is 2.27. The molecular formula is C15H24N4. The van der Waals surface area contributed by atoms with Crippen molar-refractivity contribution in [2.24, 2.45) is 0 Å². The number of hydrogen-bond donors (Lipinski definition) is 1. The van der Waals surface area contributed by atoms with Gasteiger partial charge in [-0.25, -0.2) is 4.98 Å². The molecule has 2 unspecified atom stereocenters. The highest BCUT2D eigenvalue weighted by atomic mass is 15.3. The third kappa shape index (κ3) is 2.60. The van der Waals surface area contributed by atoms with Gasteiger partial charge in [0.2, 0.25) is 0 Å². The van der Waals surface area contributed by atoms with Crippen LogP contribution in [-0.2, 0) is 6.54 Å². The number of piperazine rings is 1. The van der Waals surface area contributed by atoms with Crippen molar-refractivity contribution in [3.63, 3.8) is 0 Å². The predicted molar refractivity (Wildman–Crippen MR) is 78.4 cm³/mol. The van der Waals surface area contributed by atoms with Gasteiger partial charge in [0.15, 0.2) is 0 Å². The topological polar surface area (TPSA) is 31.4 Å². The molecule has 2 aliphatic rings. The molecule has 0 aliphatic carbocycles. The Hall–Kier alpha value is -1.13. The summed E-state index contributed by atoms with van der Waals surface area (Å²) in [6.45, 7) is 6.82. The lowest BCUT2D eigenvalue weighted by molar-refractivity contribution is 0.202. The molecule has 1 aromatic heterocycles. The normalized spacial score (nSPS) is 27.6. The van der Waals surface area contributed by atoms with Crippen LogP contribution in [0.25, 0.3) is 0 Å².